The van der Waals surface area contributed by atoms with Crippen LogP contribution in [0, 0.1) is 0 Å². The van der Waals surface area contributed by atoms with Gasteiger partial charge in [0.1, 0.15) is 6.61 Å². The minimum Gasteiger partial charge on any atom is -0.458 e. The van der Waals surface area contributed by atoms with Crippen LogP contribution in [-0.4, -0.2) is 24.4 Å². The van der Waals surface area contributed by atoms with E-state index in [9.17, 15) is 14.4 Å². The van der Waals surface area contributed by atoms with Gasteiger partial charge < -0.3 is 15.4 Å². The van der Waals surface area contributed by atoms with Gasteiger partial charge in [-0.2, -0.15) is 0 Å². The Kier molecular flexibility index (Phi) is 6.68. The monoisotopic (exact) mass is 352 g/mol. The number of nitrogens with one attached hydrogen (secondary N) is 2. The molecule has 0 aromatic heterocycles. The molecule has 0 radical (unpaired) electrons. The third-order valence-corrected chi connectivity index (χ3v) is 3.23. The summed E-state index contributed by atoms with van der Waals surface area (Å²) in [5.41, 5.74) is 2.03. The Labute approximate surface area is 151 Å². The second-order valence-electron chi connectivity index (χ2n) is 5.57. The molecule has 0 saturated heterocycles. The van der Waals surface area contributed by atoms with Gasteiger partial charge in [-0.25, -0.2) is 4.79 Å². The van der Waals surface area contributed by atoms with Gasteiger partial charge in [0.25, 0.3) is 0 Å². The van der Waals surface area contributed by atoms with Gasteiger partial charge in [0.05, 0.1) is 5.56 Å². The van der Waals surface area contributed by atoms with Crippen molar-refractivity contribution in [2.45, 2.75) is 13.8 Å². The highest BCUT2D eigenvalue weighted by Gasteiger charge is 2.11. The average Bonchev–Trinajstić information content (AvgIpc) is 2.58. The SMILES string of the molecule is CC(=O)Nc1cc(NC(C)=O)cc(C(=O)OC/C=C/c2ccccc2)c1. The molecule has 134 valence electrons. The first kappa shape index (κ1) is 18.9. The van der Waals surface area contributed by atoms with Crippen LogP contribution in [-0.2, 0) is 14.3 Å². The molecule has 2 rings (SSSR count). The van der Waals surface area contributed by atoms with Crippen LogP contribution in [0.3, 0.4) is 0 Å². The summed E-state index contributed by atoms with van der Waals surface area (Å²) in [6.45, 7) is 2.82. The molecule has 2 N–H and O–H groups in total. The number of carbonyl (C=O) groups excluding carboxylic acids is 3. The lowest BCUT2D eigenvalue weighted by Crippen LogP contribution is -2.12. The minimum absolute atomic E-state index is 0.105. The Morgan fingerprint density at radius 3 is 2.04 bits per heavy atom. The van der Waals surface area contributed by atoms with Crippen LogP contribution in [0.5, 0.6) is 0 Å². The second kappa shape index (κ2) is 9.17. The van der Waals surface area contributed by atoms with E-state index in [1.165, 1.54) is 26.0 Å². The Morgan fingerprint density at radius 1 is 0.923 bits per heavy atom. The molecule has 0 spiro atoms. The zero-order valence-electron chi connectivity index (χ0n) is 14.6. The van der Waals surface area contributed by atoms with Gasteiger partial charge in [-0.1, -0.05) is 36.4 Å². The summed E-state index contributed by atoms with van der Waals surface area (Å²) in [6, 6.07) is 14.2. The first-order chi connectivity index (χ1) is 12.4. The number of rotatable bonds is 6. The molecule has 26 heavy (non-hydrogen) atoms. The van der Waals surface area contributed by atoms with E-state index in [-0.39, 0.29) is 24.0 Å². The normalized spacial score (nSPS) is 10.4. The maximum Gasteiger partial charge on any atom is 0.338 e. The van der Waals surface area contributed by atoms with Gasteiger partial charge >= 0.3 is 5.97 Å². The van der Waals surface area contributed by atoms with Gasteiger partial charge in [0, 0.05) is 25.2 Å². The number of ether oxygens (including phenoxy) is 1. The molecule has 2 amide bonds. The summed E-state index contributed by atoms with van der Waals surface area (Å²) >= 11 is 0. The van der Waals surface area contributed by atoms with Crippen molar-refractivity contribution in [3.8, 4) is 0 Å². The summed E-state index contributed by atoms with van der Waals surface area (Å²) in [5.74, 6) is -1.12. The van der Waals surface area contributed by atoms with E-state index in [4.69, 9.17) is 4.74 Å². The van der Waals surface area contributed by atoms with E-state index in [0.717, 1.165) is 5.56 Å². The van der Waals surface area contributed by atoms with Crippen molar-refractivity contribution in [2.75, 3.05) is 17.2 Å². The molecular formula is C20H20N2O4. The molecule has 2 aromatic rings. The maximum atomic E-state index is 12.3. The number of carbonyl (C=O) groups is 3. The molecule has 0 fully saturated rings. The standard InChI is InChI=1S/C20H20N2O4/c1-14(23)21-18-11-17(12-19(13-18)22-15(2)24)20(25)26-10-6-9-16-7-4-3-5-8-16/h3-9,11-13H,10H2,1-2H3,(H,21,23)(H,22,24)/b9-6+. The summed E-state index contributed by atoms with van der Waals surface area (Å²) in [7, 11) is 0. The summed E-state index contributed by atoms with van der Waals surface area (Å²) in [4.78, 5) is 34.7. The summed E-state index contributed by atoms with van der Waals surface area (Å²) in [6.07, 6.45) is 3.59. The van der Waals surface area contributed by atoms with Gasteiger partial charge in [-0.3, -0.25) is 9.59 Å². The second-order valence-corrected chi connectivity index (χ2v) is 5.57. The Hall–Kier alpha value is -3.41. The highest BCUT2D eigenvalue weighted by atomic mass is 16.5. The van der Waals surface area contributed by atoms with Crippen LogP contribution in [0.2, 0.25) is 0 Å². The molecular weight excluding hydrogens is 332 g/mol. The number of esters is 1. The topological polar surface area (TPSA) is 84.5 Å². The average molecular weight is 352 g/mol. The fourth-order valence-corrected chi connectivity index (χ4v) is 2.25. The van der Waals surface area contributed by atoms with Crippen LogP contribution in [0.4, 0.5) is 11.4 Å². The minimum atomic E-state index is -0.554. The van der Waals surface area contributed by atoms with Gasteiger partial charge in [-0.05, 0) is 29.8 Å². The Morgan fingerprint density at radius 2 is 1.50 bits per heavy atom. The lowest BCUT2D eigenvalue weighted by molar-refractivity contribution is -0.115. The van der Waals surface area contributed by atoms with Crippen LogP contribution >= 0.6 is 0 Å². The van der Waals surface area contributed by atoms with E-state index in [2.05, 4.69) is 10.6 Å². The third kappa shape index (κ3) is 6.24. The van der Waals surface area contributed by atoms with Crippen LogP contribution < -0.4 is 10.6 Å². The van der Waals surface area contributed by atoms with E-state index < -0.39 is 5.97 Å². The molecule has 0 atom stereocenters. The molecule has 6 heteroatoms. The Balaban J connectivity index is 2.07. The molecule has 2 aromatic carbocycles. The van der Waals surface area contributed by atoms with Crippen molar-refractivity contribution in [2.24, 2.45) is 0 Å². The number of amides is 2. The molecule has 0 bridgehead atoms. The van der Waals surface area contributed by atoms with Crippen LogP contribution in [0.15, 0.2) is 54.6 Å². The first-order valence-corrected chi connectivity index (χ1v) is 8.03. The number of hydrogen-bond donors (Lipinski definition) is 2. The predicted octanol–water partition coefficient (Wildman–Crippen LogP) is 3.47. The lowest BCUT2D eigenvalue weighted by atomic mass is 10.1. The predicted molar refractivity (Wildman–Crippen MR) is 101 cm³/mol. The zero-order chi connectivity index (χ0) is 18.9. The van der Waals surface area contributed by atoms with Gasteiger partial charge in [0.15, 0.2) is 0 Å². The van der Waals surface area contributed by atoms with E-state index in [0.29, 0.717) is 11.4 Å². The molecule has 0 unspecified atom stereocenters. The number of anilines is 2. The summed E-state index contributed by atoms with van der Waals surface area (Å²) < 4.78 is 5.22. The van der Waals surface area contributed by atoms with Gasteiger partial charge in [-0.15, -0.1) is 0 Å². The largest absolute Gasteiger partial charge is 0.458 e. The molecule has 6 nitrogen and oxygen atoms in total. The van der Waals surface area contributed by atoms with Crippen molar-refractivity contribution in [3.05, 3.63) is 65.7 Å². The van der Waals surface area contributed by atoms with Crippen molar-refractivity contribution in [1.29, 1.82) is 0 Å². The molecule has 0 aliphatic carbocycles. The molecule has 0 heterocycles. The van der Waals surface area contributed by atoms with Gasteiger partial charge in [0.2, 0.25) is 11.8 Å². The number of benzene rings is 2. The van der Waals surface area contributed by atoms with E-state index >= 15 is 0 Å². The molecule has 0 aliphatic heterocycles. The molecule has 0 aliphatic rings. The summed E-state index contributed by atoms with van der Waals surface area (Å²) in [5, 5.41) is 5.18. The number of hydrogen-bond acceptors (Lipinski definition) is 4. The maximum absolute atomic E-state index is 12.3. The fraction of sp³-hybridized carbons (Fsp3) is 0.150. The van der Waals surface area contributed by atoms with Crippen molar-refractivity contribution in [1.82, 2.24) is 0 Å². The fourth-order valence-electron chi connectivity index (χ4n) is 2.25. The third-order valence-electron chi connectivity index (χ3n) is 3.23. The highest BCUT2D eigenvalue weighted by Crippen LogP contribution is 2.20. The van der Waals surface area contributed by atoms with Crippen molar-refractivity contribution in [3.63, 3.8) is 0 Å². The smallest absolute Gasteiger partial charge is 0.338 e. The first-order valence-electron chi connectivity index (χ1n) is 8.03. The van der Waals surface area contributed by atoms with Crippen molar-refractivity contribution < 1.29 is 19.1 Å². The van der Waals surface area contributed by atoms with E-state index in [1.54, 1.807) is 12.1 Å². The quantitative estimate of drug-likeness (QED) is 0.780. The Bertz CT molecular complexity index is 795. The lowest BCUT2D eigenvalue weighted by Gasteiger charge is -2.10. The van der Waals surface area contributed by atoms with E-state index in [1.807, 2.05) is 36.4 Å². The van der Waals surface area contributed by atoms with Crippen LogP contribution in [0.1, 0.15) is 29.8 Å². The van der Waals surface area contributed by atoms with Crippen molar-refractivity contribution >= 4 is 35.2 Å². The zero-order valence-corrected chi connectivity index (χ0v) is 14.6. The van der Waals surface area contributed by atoms with Crippen LogP contribution in [0.25, 0.3) is 6.08 Å². The molecule has 0 saturated carbocycles. The highest BCUT2D eigenvalue weighted by molar-refractivity contribution is 5.97.